The molecule has 1 fully saturated rings. The molecule has 4 aliphatic rings. The number of H-pyrrole nitrogens is 1. The van der Waals surface area contributed by atoms with E-state index in [1.807, 2.05) is 65.6 Å². The van der Waals surface area contributed by atoms with Crippen molar-refractivity contribution < 1.29 is 19.1 Å². The van der Waals surface area contributed by atoms with Crippen LogP contribution in [-0.2, 0) is 11.2 Å². The highest BCUT2D eigenvalue weighted by Crippen LogP contribution is 2.52. The standard InChI is InChI=1S/C31H28N4O4/c36-27-12-11-20-5-3-6-21(15-20)39-26-10-4-9-24-25-16-35(18-31(25,17-34-27)19-38-28(24)26)30(37)23-8-2-1-7-22(23)29-32-13-14-33-29/h1-10,13-15,25H,11-12,16-19H2,(H,32,33)(H,34,36)/t25-,31+/m1/s1. The lowest BCUT2D eigenvalue weighted by atomic mass is 9.73. The van der Waals surface area contributed by atoms with Crippen molar-refractivity contribution in [2.75, 3.05) is 26.2 Å². The minimum absolute atomic E-state index is 0.0148. The van der Waals surface area contributed by atoms with Crippen LogP contribution in [0.25, 0.3) is 11.4 Å². The van der Waals surface area contributed by atoms with E-state index < -0.39 is 5.41 Å². The molecule has 4 aromatic rings. The number of amides is 2. The molecule has 8 heteroatoms. The van der Waals surface area contributed by atoms with E-state index in [-0.39, 0.29) is 17.7 Å². The lowest BCUT2D eigenvalue weighted by Gasteiger charge is -2.39. The number of likely N-dealkylation sites (tertiary alicyclic amines) is 1. The average Bonchev–Trinajstić information content (AvgIpc) is 3.64. The number of aryl methyl sites for hydroxylation is 1. The quantitative estimate of drug-likeness (QED) is 0.404. The van der Waals surface area contributed by atoms with Gasteiger partial charge in [-0.1, -0.05) is 42.5 Å². The molecule has 2 atom stereocenters. The van der Waals surface area contributed by atoms with Crippen molar-refractivity contribution in [2.24, 2.45) is 5.41 Å². The number of nitrogens with one attached hydrogen (secondary N) is 2. The Morgan fingerprint density at radius 3 is 2.85 bits per heavy atom. The molecule has 0 aliphatic carbocycles. The first-order chi connectivity index (χ1) is 19.1. The zero-order valence-corrected chi connectivity index (χ0v) is 21.4. The van der Waals surface area contributed by atoms with Crippen LogP contribution in [0.3, 0.4) is 0 Å². The molecule has 2 N–H and O–H groups in total. The molecule has 1 spiro atoms. The smallest absolute Gasteiger partial charge is 0.254 e. The lowest BCUT2D eigenvalue weighted by Crippen LogP contribution is -2.48. The second-order valence-corrected chi connectivity index (χ2v) is 10.6. The Balaban J connectivity index is 1.28. The fourth-order valence-corrected chi connectivity index (χ4v) is 6.16. The Morgan fingerprint density at radius 1 is 1.05 bits per heavy atom. The normalized spacial score (nSPS) is 21.8. The Kier molecular flexibility index (Phi) is 5.61. The van der Waals surface area contributed by atoms with Gasteiger partial charge >= 0.3 is 0 Å². The van der Waals surface area contributed by atoms with E-state index in [1.54, 1.807) is 12.4 Å². The molecule has 0 saturated carbocycles. The number of aromatic nitrogens is 2. The fourth-order valence-electron chi connectivity index (χ4n) is 6.16. The summed E-state index contributed by atoms with van der Waals surface area (Å²) in [6.07, 6.45) is 4.43. The highest BCUT2D eigenvalue weighted by Gasteiger charge is 2.53. The molecule has 3 aromatic carbocycles. The lowest BCUT2D eigenvalue weighted by molar-refractivity contribution is -0.121. The van der Waals surface area contributed by atoms with Crippen molar-refractivity contribution in [3.05, 3.63) is 95.8 Å². The number of ether oxygens (including phenoxy) is 2. The number of hydrogen-bond acceptors (Lipinski definition) is 5. The predicted molar refractivity (Wildman–Crippen MR) is 145 cm³/mol. The van der Waals surface area contributed by atoms with Gasteiger partial charge in [0, 0.05) is 60.9 Å². The molecule has 1 saturated heterocycles. The van der Waals surface area contributed by atoms with Gasteiger partial charge in [-0.3, -0.25) is 9.59 Å². The van der Waals surface area contributed by atoms with E-state index in [9.17, 15) is 9.59 Å². The predicted octanol–water partition coefficient (Wildman–Crippen LogP) is 4.55. The maximum atomic E-state index is 14.0. The second kappa shape index (κ2) is 9.31. The molecule has 39 heavy (non-hydrogen) atoms. The first-order valence-electron chi connectivity index (χ1n) is 13.3. The first-order valence-corrected chi connectivity index (χ1v) is 13.3. The molecular formula is C31H28N4O4. The van der Waals surface area contributed by atoms with Crippen LogP contribution in [0.15, 0.2) is 79.1 Å². The van der Waals surface area contributed by atoms with E-state index >= 15 is 0 Å². The summed E-state index contributed by atoms with van der Waals surface area (Å²) in [6.45, 7) is 1.77. The first kappa shape index (κ1) is 23.5. The van der Waals surface area contributed by atoms with Crippen LogP contribution in [0.2, 0.25) is 0 Å². The summed E-state index contributed by atoms with van der Waals surface area (Å²) >= 11 is 0. The summed E-state index contributed by atoms with van der Waals surface area (Å²) < 4.78 is 12.7. The maximum absolute atomic E-state index is 14.0. The number of fused-ring (bicyclic) bond motifs is 5. The van der Waals surface area contributed by atoms with Crippen LogP contribution in [0.5, 0.6) is 17.2 Å². The zero-order valence-electron chi connectivity index (χ0n) is 21.4. The summed E-state index contributed by atoms with van der Waals surface area (Å²) in [5.74, 6) is 2.62. The van der Waals surface area contributed by atoms with Crippen LogP contribution in [0.1, 0.15) is 33.8 Å². The molecule has 5 heterocycles. The molecule has 196 valence electrons. The van der Waals surface area contributed by atoms with Crippen molar-refractivity contribution >= 4 is 11.8 Å². The molecule has 6 bridgehead atoms. The topological polar surface area (TPSA) is 96.6 Å². The fraction of sp³-hybridized carbons (Fsp3) is 0.258. The number of imidazole rings is 1. The number of aromatic amines is 1. The van der Waals surface area contributed by atoms with Gasteiger partial charge in [0.05, 0.1) is 12.2 Å². The van der Waals surface area contributed by atoms with Gasteiger partial charge in [-0.2, -0.15) is 0 Å². The molecule has 8 nitrogen and oxygen atoms in total. The van der Waals surface area contributed by atoms with E-state index in [4.69, 9.17) is 9.47 Å². The molecule has 1 aromatic heterocycles. The third-order valence-electron chi connectivity index (χ3n) is 8.14. The number of hydrogen-bond donors (Lipinski definition) is 2. The van der Waals surface area contributed by atoms with E-state index in [0.717, 1.165) is 16.7 Å². The number of benzene rings is 3. The van der Waals surface area contributed by atoms with Crippen LogP contribution in [-0.4, -0.2) is 52.9 Å². The maximum Gasteiger partial charge on any atom is 0.254 e. The number of nitrogens with zero attached hydrogens (tertiary/aromatic N) is 2. The Hall–Kier alpha value is -4.59. The monoisotopic (exact) mass is 520 g/mol. The number of rotatable bonds is 2. The Bertz CT molecular complexity index is 1570. The van der Waals surface area contributed by atoms with Gasteiger partial charge in [-0.25, -0.2) is 4.98 Å². The van der Waals surface area contributed by atoms with Crippen molar-refractivity contribution in [2.45, 2.75) is 18.8 Å². The van der Waals surface area contributed by atoms with Crippen LogP contribution in [0.4, 0.5) is 0 Å². The molecule has 8 rings (SSSR count). The minimum Gasteiger partial charge on any atom is -0.489 e. The van der Waals surface area contributed by atoms with Crippen LogP contribution < -0.4 is 14.8 Å². The molecule has 4 aliphatic heterocycles. The van der Waals surface area contributed by atoms with Gasteiger partial charge in [0.2, 0.25) is 5.91 Å². The van der Waals surface area contributed by atoms with Gasteiger partial charge in [0.25, 0.3) is 5.91 Å². The molecule has 0 unspecified atom stereocenters. The van der Waals surface area contributed by atoms with Crippen molar-refractivity contribution in [3.8, 4) is 28.6 Å². The largest absolute Gasteiger partial charge is 0.489 e. The zero-order chi connectivity index (χ0) is 26.4. The average molecular weight is 521 g/mol. The number of carbonyl (C=O) groups is 2. The highest BCUT2D eigenvalue weighted by molar-refractivity contribution is 6.00. The highest BCUT2D eigenvalue weighted by atomic mass is 16.5. The summed E-state index contributed by atoms with van der Waals surface area (Å²) in [4.78, 5) is 36.3. The molecule has 2 amide bonds. The SMILES string of the molecule is O=C1CCc2cccc(c2)Oc2cccc3c2OC[C@]2(CN1)CN(C(=O)c1ccccc1-c1ncc[nH]1)C[C@H]32. The third-order valence-corrected chi connectivity index (χ3v) is 8.14. The second-order valence-electron chi connectivity index (χ2n) is 10.6. The van der Waals surface area contributed by atoms with E-state index in [2.05, 4.69) is 21.4 Å². The number of para-hydroxylation sites is 1. The Morgan fingerprint density at radius 2 is 1.95 bits per heavy atom. The Labute approximate surface area is 226 Å². The summed E-state index contributed by atoms with van der Waals surface area (Å²) in [7, 11) is 0. The number of carbonyl (C=O) groups excluding carboxylic acids is 2. The van der Waals surface area contributed by atoms with Crippen molar-refractivity contribution in [1.82, 2.24) is 20.2 Å². The van der Waals surface area contributed by atoms with Crippen molar-refractivity contribution in [3.63, 3.8) is 0 Å². The van der Waals surface area contributed by atoms with Crippen molar-refractivity contribution in [1.29, 1.82) is 0 Å². The van der Waals surface area contributed by atoms with E-state index in [1.165, 1.54) is 0 Å². The summed E-state index contributed by atoms with van der Waals surface area (Å²) in [6, 6.07) is 21.3. The minimum atomic E-state index is -0.463. The summed E-state index contributed by atoms with van der Waals surface area (Å²) in [5, 5.41) is 3.17. The molecule has 0 radical (unpaired) electrons. The van der Waals surface area contributed by atoms with Crippen LogP contribution in [0, 0.1) is 5.41 Å². The third kappa shape index (κ3) is 4.12. The van der Waals surface area contributed by atoms with Gasteiger partial charge in [0.15, 0.2) is 11.5 Å². The summed E-state index contributed by atoms with van der Waals surface area (Å²) in [5.41, 5.74) is 2.92. The molecular weight excluding hydrogens is 492 g/mol. The van der Waals surface area contributed by atoms with Gasteiger partial charge in [-0.05, 0) is 36.2 Å². The van der Waals surface area contributed by atoms with Gasteiger partial charge in [0.1, 0.15) is 11.6 Å². The van der Waals surface area contributed by atoms with Gasteiger partial charge < -0.3 is 24.7 Å². The van der Waals surface area contributed by atoms with E-state index in [0.29, 0.717) is 67.7 Å². The van der Waals surface area contributed by atoms with Gasteiger partial charge in [-0.15, -0.1) is 0 Å². The van der Waals surface area contributed by atoms with Crippen LogP contribution >= 0.6 is 0 Å².